The summed E-state index contributed by atoms with van der Waals surface area (Å²) in [6.45, 7) is 0.298. The number of anilines is 1. The minimum Gasteiger partial charge on any atom is -0.258 e. The molecule has 6 heteroatoms. The van der Waals surface area contributed by atoms with Gasteiger partial charge < -0.3 is 0 Å². The van der Waals surface area contributed by atoms with E-state index in [-0.39, 0.29) is 11.3 Å². The molecule has 0 saturated heterocycles. The fourth-order valence-electron chi connectivity index (χ4n) is 2.54. The average Bonchev–Trinajstić information content (AvgIpc) is 2.67. The van der Waals surface area contributed by atoms with E-state index in [0.29, 0.717) is 12.4 Å². The van der Waals surface area contributed by atoms with Crippen molar-refractivity contribution in [1.29, 1.82) is 0 Å². The SMILES string of the molecule is O=C(c1ccccc1[N+](=O)[O-])N(Cc1ccccc1)c1cccc[nH+]1. The molecule has 124 valence electrons. The summed E-state index contributed by atoms with van der Waals surface area (Å²) in [5, 5.41) is 11.3. The summed E-state index contributed by atoms with van der Waals surface area (Å²) in [4.78, 5) is 28.3. The van der Waals surface area contributed by atoms with Gasteiger partial charge in [0.1, 0.15) is 12.1 Å². The third-order valence-electron chi connectivity index (χ3n) is 3.74. The first-order valence-corrected chi connectivity index (χ1v) is 7.73. The molecule has 1 N–H and O–H groups in total. The largest absolute Gasteiger partial charge is 0.348 e. The number of H-pyrrole nitrogens is 1. The zero-order valence-electron chi connectivity index (χ0n) is 13.3. The molecule has 6 nitrogen and oxygen atoms in total. The van der Waals surface area contributed by atoms with E-state index in [0.717, 1.165) is 5.56 Å². The molecule has 0 saturated carbocycles. The first kappa shape index (κ1) is 16.3. The second kappa shape index (κ2) is 7.35. The lowest BCUT2D eigenvalue weighted by atomic mass is 10.1. The minimum absolute atomic E-state index is 0.0562. The highest BCUT2D eigenvalue weighted by atomic mass is 16.6. The number of pyridine rings is 1. The first-order valence-electron chi connectivity index (χ1n) is 7.73. The van der Waals surface area contributed by atoms with Gasteiger partial charge in [-0.1, -0.05) is 48.5 Å². The molecular weight excluding hydrogens is 318 g/mol. The molecule has 1 aromatic heterocycles. The van der Waals surface area contributed by atoms with E-state index >= 15 is 0 Å². The Bertz CT molecular complexity index is 883. The average molecular weight is 334 g/mol. The number of nitro groups is 1. The molecular formula is C19H16N3O3+. The molecule has 3 aromatic rings. The molecule has 0 radical (unpaired) electrons. The maximum atomic E-state index is 13.1. The maximum Gasteiger partial charge on any atom is 0.348 e. The van der Waals surface area contributed by atoms with Gasteiger partial charge in [-0.25, -0.2) is 9.78 Å². The van der Waals surface area contributed by atoms with Crippen molar-refractivity contribution in [3.63, 3.8) is 0 Å². The molecule has 25 heavy (non-hydrogen) atoms. The van der Waals surface area contributed by atoms with Crippen LogP contribution in [0.1, 0.15) is 15.9 Å². The van der Waals surface area contributed by atoms with Gasteiger partial charge in [0, 0.05) is 12.1 Å². The molecule has 0 atom stereocenters. The van der Waals surface area contributed by atoms with Crippen LogP contribution in [0.15, 0.2) is 79.0 Å². The molecule has 0 aliphatic rings. The van der Waals surface area contributed by atoms with Gasteiger partial charge in [-0.2, -0.15) is 4.90 Å². The monoisotopic (exact) mass is 334 g/mol. The van der Waals surface area contributed by atoms with Crippen molar-refractivity contribution in [2.24, 2.45) is 0 Å². The van der Waals surface area contributed by atoms with E-state index in [1.807, 2.05) is 30.3 Å². The maximum absolute atomic E-state index is 13.1. The predicted molar refractivity (Wildman–Crippen MR) is 93.0 cm³/mol. The Balaban J connectivity index is 2.03. The van der Waals surface area contributed by atoms with E-state index in [1.165, 1.54) is 17.0 Å². The van der Waals surface area contributed by atoms with Gasteiger partial charge in [0.05, 0.1) is 11.1 Å². The van der Waals surface area contributed by atoms with Gasteiger partial charge in [0.2, 0.25) is 0 Å². The number of nitrogens with one attached hydrogen (secondary N) is 1. The Labute approximate surface area is 144 Å². The lowest BCUT2D eigenvalue weighted by molar-refractivity contribution is -0.385. The summed E-state index contributed by atoms with van der Waals surface area (Å²) in [6.07, 6.45) is 1.71. The van der Waals surface area contributed by atoms with Crippen molar-refractivity contribution in [2.45, 2.75) is 6.54 Å². The van der Waals surface area contributed by atoms with Crippen molar-refractivity contribution < 1.29 is 14.7 Å². The van der Waals surface area contributed by atoms with Crippen LogP contribution in [0.3, 0.4) is 0 Å². The number of aromatic amines is 1. The number of benzene rings is 2. The predicted octanol–water partition coefficient (Wildman–Crippen LogP) is 3.26. The number of hydrogen-bond acceptors (Lipinski definition) is 3. The highest BCUT2D eigenvalue weighted by Crippen LogP contribution is 2.22. The number of rotatable bonds is 5. The van der Waals surface area contributed by atoms with Crippen molar-refractivity contribution in [1.82, 2.24) is 0 Å². The van der Waals surface area contributed by atoms with Gasteiger partial charge in [-0.15, -0.1) is 0 Å². The summed E-state index contributed by atoms with van der Waals surface area (Å²) < 4.78 is 0. The molecule has 0 unspecified atom stereocenters. The topological polar surface area (TPSA) is 77.6 Å². The second-order valence-corrected chi connectivity index (χ2v) is 5.40. The van der Waals surface area contributed by atoms with Crippen molar-refractivity contribution in [3.8, 4) is 0 Å². The third kappa shape index (κ3) is 3.69. The van der Waals surface area contributed by atoms with E-state index < -0.39 is 10.8 Å². The van der Waals surface area contributed by atoms with E-state index in [1.54, 1.807) is 36.5 Å². The fraction of sp³-hybridized carbons (Fsp3) is 0.0526. The zero-order valence-corrected chi connectivity index (χ0v) is 13.3. The molecule has 3 rings (SSSR count). The van der Waals surface area contributed by atoms with Gasteiger partial charge in [0.25, 0.3) is 11.5 Å². The Morgan fingerprint density at radius 2 is 1.64 bits per heavy atom. The van der Waals surface area contributed by atoms with Crippen LogP contribution in [-0.2, 0) is 6.54 Å². The van der Waals surface area contributed by atoms with E-state index in [9.17, 15) is 14.9 Å². The van der Waals surface area contributed by atoms with Gasteiger partial charge >= 0.3 is 5.91 Å². The molecule has 1 heterocycles. The molecule has 0 spiro atoms. The Morgan fingerprint density at radius 3 is 2.32 bits per heavy atom. The van der Waals surface area contributed by atoms with Gasteiger partial charge in [-0.05, 0) is 17.7 Å². The Kier molecular flexibility index (Phi) is 4.80. The fourth-order valence-corrected chi connectivity index (χ4v) is 2.54. The van der Waals surface area contributed by atoms with Crippen LogP contribution in [0.5, 0.6) is 0 Å². The van der Waals surface area contributed by atoms with Crippen molar-refractivity contribution in [2.75, 3.05) is 4.90 Å². The van der Waals surface area contributed by atoms with Gasteiger partial charge in [-0.3, -0.25) is 10.1 Å². The second-order valence-electron chi connectivity index (χ2n) is 5.40. The quantitative estimate of drug-likeness (QED) is 0.531. The van der Waals surface area contributed by atoms with Crippen molar-refractivity contribution in [3.05, 3.63) is 100 Å². The van der Waals surface area contributed by atoms with E-state index in [4.69, 9.17) is 0 Å². The lowest BCUT2D eigenvalue weighted by Crippen LogP contribution is -2.35. The van der Waals surface area contributed by atoms with Crippen LogP contribution in [0, 0.1) is 10.1 Å². The Hall–Kier alpha value is -3.54. The molecule has 2 aromatic carbocycles. The lowest BCUT2D eigenvalue weighted by Gasteiger charge is -2.14. The minimum atomic E-state index is -0.539. The standard InChI is InChI=1S/C19H15N3O3/c23-19(16-10-4-5-11-17(16)22(24)25)21(18-12-6-7-13-20-18)14-15-8-2-1-3-9-15/h1-13H,14H2/p+1. The number of hydrogen-bond donors (Lipinski definition) is 0. The summed E-state index contributed by atoms with van der Waals surface area (Å²) in [5.41, 5.74) is 0.772. The molecule has 0 aliphatic heterocycles. The molecule has 1 amide bonds. The zero-order chi connectivity index (χ0) is 17.6. The van der Waals surface area contributed by atoms with Gasteiger partial charge in [0.15, 0.2) is 0 Å². The molecule has 0 bridgehead atoms. The van der Waals surface area contributed by atoms with Crippen LogP contribution in [0.2, 0.25) is 0 Å². The number of carbonyl (C=O) groups is 1. The number of aromatic nitrogens is 1. The third-order valence-corrected chi connectivity index (χ3v) is 3.74. The summed E-state index contributed by atoms with van der Waals surface area (Å²) >= 11 is 0. The van der Waals surface area contributed by atoms with Crippen LogP contribution in [-0.4, -0.2) is 10.8 Å². The van der Waals surface area contributed by atoms with E-state index in [2.05, 4.69) is 4.98 Å². The van der Waals surface area contributed by atoms with Crippen LogP contribution < -0.4 is 9.88 Å². The van der Waals surface area contributed by atoms with Crippen LogP contribution in [0.4, 0.5) is 11.5 Å². The Morgan fingerprint density at radius 1 is 0.960 bits per heavy atom. The summed E-state index contributed by atoms with van der Waals surface area (Å²) in [5.74, 6) is 0.133. The number of nitrogens with zero attached hydrogens (tertiary/aromatic N) is 2. The highest BCUT2D eigenvalue weighted by molar-refractivity contribution is 6.07. The summed E-state index contributed by atoms with van der Waals surface area (Å²) in [6, 6.07) is 20.8. The normalized spacial score (nSPS) is 10.2. The number of carbonyl (C=O) groups excluding carboxylic acids is 1. The van der Waals surface area contributed by atoms with Crippen LogP contribution >= 0.6 is 0 Å². The molecule has 0 aliphatic carbocycles. The smallest absolute Gasteiger partial charge is 0.258 e. The molecule has 0 fully saturated rings. The van der Waals surface area contributed by atoms with Crippen molar-refractivity contribution >= 4 is 17.4 Å². The number of para-hydroxylation sites is 1. The first-order chi connectivity index (χ1) is 12.2. The summed E-state index contributed by atoms with van der Waals surface area (Å²) in [7, 11) is 0. The van der Waals surface area contributed by atoms with Crippen LogP contribution in [0.25, 0.3) is 0 Å². The number of amides is 1. The number of nitro benzene ring substituents is 1. The highest BCUT2D eigenvalue weighted by Gasteiger charge is 2.31.